The number of aryl methyl sites for hydroxylation is 2. The Bertz CT molecular complexity index is 2800. The maximum Gasteiger partial charge on any atom is 0.344 e. The van der Waals surface area contributed by atoms with E-state index in [9.17, 15) is 24.0 Å². The van der Waals surface area contributed by atoms with E-state index in [0.29, 0.717) is 51.0 Å². The molecule has 79 heavy (non-hydrogen) atoms. The molecule has 0 saturated carbocycles. The maximum absolute atomic E-state index is 13.5. The molecule has 15 heteroatoms. The zero-order chi connectivity index (χ0) is 59.3. The predicted octanol–water partition coefficient (Wildman–Crippen LogP) is 13.0. The molecule has 0 aliphatic carbocycles. The van der Waals surface area contributed by atoms with Crippen LogP contribution in [0, 0.1) is 13.8 Å². The van der Waals surface area contributed by atoms with Crippen molar-refractivity contribution in [1.82, 2.24) is 0 Å². The number of benzene rings is 4. The highest BCUT2D eigenvalue weighted by Crippen LogP contribution is 2.48. The van der Waals surface area contributed by atoms with Gasteiger partial charge in [-0.2, -0.15) is 0 Å². The lowest BCUT2D eigenvalue weighted by molar-refractivity contribution is -0.159. The van der Waals surface area contributed by atoms with Crippen LogP contribution in [0.3, 0.4) is 0 Å². The van der Waals surface area contributed by atoms with Crippen molar-refractivity contribution in [1.29, 1.82) is 0 Å². The summed E-state index contributed by atoms with van der Waals surface area (Å²) in [7, 11) is 0. The quantitative estimate of drug-likeness (QED) is 0.0314. The zero-order valence-electron chi connectivity index (χ0n) is 50.0. The summed E-state index contributed by atoms with van der Waals surface area (Å²) in [4.78, 5) is 65.5. The fraction of sp³-hybridized carbons (Fsp3) is 0.484. The Kier molecular flexibility index (Phi) is 22.0. The first-order valence-corrected chi connectivity index (χ1v) is 26.5. The Labute approximate surface area is 468 Å². The highest BCUT2D eigenvalue weighted by Gasteiger charge is 2.33. The summed E-state index contributed by atoms with van der Waals surface area (Å²) in [6.45, 7) is 32.4. The van der Waals surface area contributed by atoms with E-state index in [4.69, 9.17) is 47.4 Å². The van der Waals surface area contributed by atoms with Crippen molar-refractivity contribution in [3.63, 3.8) is 0 Å². The van der Waals surface area contributed by atoms with Gasteiger partial charge in [0, 0.05) is 22.6 Å². The van der Waals surface area contributed by atoms with Gasteiger partial charge in [-0.1, -0.05) is 61.0 Å². The summed E-state index contributed by atoms with van der Waals surface area (Å²) in [5.74, 6) is -2.27. The van der Waals surface area contributed by atoms with Gasteiger partial charge in [0.2, 0.25) is 0 Å². The first-order valence-electron chi connectivity index (χ1n) is 26.5. The second-order valence-electron chi connectivity index (χ2n) is 24.2. The summed E-state index contributed by atoms with van der Waals surface area (Å²) in [6.07, 6.45) is 3.77. The van der Waals surface area contributed by atoms with E-state index in [1.807, 2.05) is 75.4 Å². The third-order valence-electron chi connectivity index (χ3n) is 10.8. The van der Waals surface area contributed by atoms with E-state index >= 15 is 0 Å². The molecule has 0 N–H and O–H groups in total. The van der Waals surface area contributed by atoms with Gasteiger partial charge >= 0.3 is 29.8 Å². The minimum Gasteiger partial charge on any atom is -0.482 e. The minimum absolute atomic E-state index is 0.283. The van der Waals surface area contributed by atoms with Gasteiger partial charge in [-0.3, -0.25) is 0 Å². The van der Waals surface area contributed by atoms with E-state index in [1.54, 1.807) is 147 Å². The standard InChI is InChI=1S/C64H84O15/c1-20-51(72-37-55(67)77-62(11,12)13)48(33-41(3)43-21-26-46(27-22-43)70-35-53(65)75-60(5,6)7)58(50-32-40(2)31-42(4)59(50)74-39-57(69)79-64(17,18)19)49-34-45(25-30-52(49)73-38-56(68)78-63(14,15)16)44-23-28-47(29-24-44)71-36-54(66)76-61(8,9)10/h20-34,41,58H,35-39H2,1-19H3/b48-33+,51-20+. The molecule has 15 nitrogen and oxygen atoms in total. The summed E-state index contributed by atoms with van der Waals surface area (Å²) < 4.78 is 59.3. The number of carbonyl (C=O) groups excluding carboxylic acids is 5. The normalized spacial score (nSPS) is 13.3. The number of hydrogen-bond acceptors (Lipinski definition) is 15. The highest BCUT2D eigenvalue weighted by atomic mass is 16.6. The molecule has 0 saturated heterocycles. The number of rotatable bonds is 22. The molecule has 0 bridgehead atoms. The molecule has 0 spiro atoms. The number of ether oxygens (including phenoxy) is 10. The average molecular weight is 1090 g/mol. The summed E-state index contributed by atoms with van der Waals surface area (Å²) >= 11 is 0. The zero-order valence-corrected chi connectivity index (χ0v) is 50.0. The van der Waals surface area contributed by atoms with Crippen molar-refractivity contribution in [3.8, 4) is 34.1 Å². The van der Waals surface area contributed by atoms with Crippen molar-refractivity contribution >= 4 is 29.8 Å². The summed E-state index contributed by atoms with van der Waals surface area (Å²) in [5, 5.41) is 0. The Balaban J connectivity index is 2.09. The fourth-order valence-corrected chi connectivity index (χ4v) is 8.16. The van der Waals surface area contributed by atoms with Crippen LogP contribution in [0.5, 0.6) is 23.0 Å². The van der Waals surface area contributed by atoms with Gasteiger partial charge in [0.1, 0.15) is 56.8 Å². The Morgan fingerprint density at radius 2 is 0.873 bits per heavy atom. The molecule has 0 aliphatic rings. The third kappa shape index (κ3) is 22.5. The van der Waals surface area contributed by atoms with Gasteiger partial charge in [0.25, 0.3) is 0 Å². The number of carbonyl (C=O) groups is 5. The van der Waals surface area contributed by atoms with Crippen molar-refractivity contribution < 1.29 is 71.3 Å². The molecule has 0 aliphatic heterocycles. The Morgan fingerprint density at radius 1 is 0.468 bits per heavy atom. The van der Waals surface area contributed by atoms with Crippen LogP contribution in [0.1, 0.15) is 157 Å². The van der Waals surface area contributed by atoms with E-state index in [1.165, 1.54) is 0 Å². The predicted molar refractivity (Wildman–Crippen MR) is 303 cm³/mol. The van der Waals surface area contributed by atoms with Crippen LogP contribution in [0.2, 0.25) is 0 Å². The smallest absolute Gasteiger partial charge is 0.344 e. The van der Waals surface area contributed by atoms with Crippen LogP contribution in [-0.4, -0.2) is 90.9 Å². The van der Waals surface area contributed by atoms with E-state index < -0.39 is 89.5 Å². The molecule has 0 amide bonds. The molecule has 0 heterocycles. The topological polar surface area (TPSA) is 178 Å². The SMILES string of the molecule is C/C=C(OCC(=O)OC(C)(C)C)\C(=C/C(C)c1ccc(OCC(=O)OC(C)(C)C)cc1)C(c1cc(-c2ccc(OCC(=O)OC(C)(C)C)cc2)ccc1OCC(=O)OC(C)(C)C)c1cc(C)cc(C)c1OCC(=O)OC(C)(C)C. The van der Waals surface area contributed by atoms with Crippen molar-refractivity contribution in [3.05, 3.63) is 130 Å². The monoisotopic (exact) mass is 1090 g/mol. The van der Waals surface area contributed by atoms with Gasteiger partial charge in [-0.05, 0) is 195 Å². The van der Waals surface area contributed by atoms with Gasteiger partial charge in [0.05, 0.1) is 0 Å². The van der Waals surface area contributed by atoms with Gasteiger partial charge in [-0.15, -0.1) is 0 Å². The van der Waals surface area contributed by atoms with Crippen molar-refractivity contribution in [2.45, 2.75) is 171 Å². The molecular weight excluding hydrogens is 1010 g/mol. The molecular formula is C64H84O15. The molecule has 4 aromatic rings. The first kappa shape index (κ1) is 64.2. The van der Waals surface area contributed by atoms with E-state index in [0.717, 1.165) is 22.3 Å². The van der Waals surface area contributed by atoms with E-state index in [2.05, 4.69) is 0 Å². The number of allylic oxidation sites excluding steroid dienone is 3. The molecule has 430 valence electrons. The molecule has 4 aromatic carbocycles. The molecule has 2 atom stereocenters. The molecule has 2 unspecified atom stereocenters. The third-order valence-corrected chi connectivity index (χ3v) is 10.8. The van der Waals surface area contributed by atoms with Gasteiger partial charge in [0.15, 0.2) is 33.0 Å². The number of hydrogen-bond donors (Lipinski definition) is 0. The van der Waals surface area contributed by atoms with Gasteiger partial charge in [-0.25, -0.2) is 24.0 Å². The second-order valence-corrected chi connectivity index (χ2v) is 24.2. The lowest BCUT2D eigenvalue weighted by Crippen LogP contribution is -2.28. The second kappa shape index (κ2) is 27.0. The minimum atomic E-state index is -0.916. The van der Waals surface area contributed by atoms with Crippen LogP contribution in [0.15, 0.2) is 102 Å². The fourth-order valence-electron chi connectivity index (χ4n) is 8.16. The highest BCUT2D eigenvalue weighted by molar-refractivity contribution is 5.75. The largest absolute Gasteiger partial charge is 0.482 e. The lowest BCUT2D eigenvalue weighted by atomic mass is 9.79. The van der Waals surface area contributed by atoms with Crippen LogP contribution >= 0.6 is 0 Å². The van der Waals surface area contributed by atoms with Crippen LogP contribution < -0.4 is 18.9 Å². The van der Waals surface area contributed by atoms with Crippen LogP contribution in [0.4, 0.5) is 0 Å². The summed E-state index contributed by atoms with van der Waals surface area (Å²) in [6, 6.07) is 24.0. The summed E-state index contributed by atoms with van der Waals surface area (Å²) in [5.41, 5.74) is 1.75. The van der Waals surface area contributed by atoms with E-state index in [-0.39, 0.29) is 13.2 Å². The molecule has 0 radical (unpaired) electrons. The van der Waals surface area contributed by atoms with Gasteiger partial charge < -0.3 is 47.4 Å². The van der Waals surface area contributed by atoms with Crippen molar-refractivity contribution in [2.24, 2.45) is 0 Å². The van der Waals surface area contributed by atoms with Crippen molar-refractivity contribution in [2.75, 3.05) is 33.0 Å². The lowest BCUT2D eigenvalue weighted by Gasteiger charge is -2.30. The van der Waals surface area contributed by atoms with Crippen LogP contribution in [0.25, 0.3) is 11.1 Å². The average Bonchev–Trinajstić information content (AvgIpc) is 3.33. The number of esters is 5. The molecule has 0 fully saturated rings. The molecule has 0 aromatic heterocycles. The first-order chi connectivity index (χ1) is 36.5. The maximum atomic E-state index is 13.5. The Morgan fingerprint density at radius 3 is 1.32 bits per heavy atom. The van der Waals surface area contributed by atoms with Crippen LogP contribution in [-0.2, 0) is 52.4 Å². The Hall–Kier alpha value is -7.29. The molecule has 4 rings (SSSR count).